The van der Waals surface area contributed by atoms with Crippen molar-refractivity contribution in [2.75, 3.05) is 6.54 Å². The smallest absolute Gasteiger partial charge is 0.0739 e. The van der Waals surface area contributed by atoms with E-state index in [9.17, 15) is 5.21 Å². The van der Waals surface area contributed by atoms with E-state index in [0.717, 1.165) is 25.1 Å². The van der Waals surface area contributed by atoms with E-state index in [1.54, 1.807) is 0 Å². The summed E-state index contributed by atoms with van der Waals surface area (Å²) in [5.41, 5.74) is 0.997. The Hall–Kier alpha value is -0.570. The summed E-state index contributed by atoms with van der Waals surface area (Å²) in [5, 5.41) is 16.7. The van der Waals surface area contributed by atoms with E-state index in [1.165, 1.54) is 89.9 Å². The molecule has 3 nitrogen and oxygen atoms in total. The largest absolute Gasteiger partial charge is 0.411 e. The van der Waals surface area contributed by atoms with Gasteiger partial charge in [0.15, 0.2) is 0 Å². The molecular weight excluding hydrogens is 284 g/mol. The molecule has 0 radical (unpaired) electrons. The Morgan fingerprint density at radius 1 is 0.870 bits per heavy atom. The van der Waals surface area contributed by atoms with Gasteiger partial charge >= 0.3 is 0 Å². The van der Waals surface area contributed by atoms with Gasteiger partial charge in [0, 0.05) is 6.04 Å². The minimum absolute atomic E-state index is 0.301. The van der Waals surface area contributed by atoms with Crippen molar-refractivity contribution in [3.8, 4) is 0 Å². The van der Waals surface area contributed by atoms with E-state index in [4.69, 9.17) is 0 Å². The van der Waals surface area contributed by atoms with Crippen LogP contribution in [0.5, 0.6) is 0 Å². The first-order chi connectivity index (χ1) is 11.4. The highest BCUT2D eigenvalue weighted by Gasteiger charge is 2.16. The van der Waals surface area contributed by atoms with Crippen molar-refractivity contribution in [2.24, 2.45) is 5.16 Å². The third-order valence-corrected chi connectivity index (χ3v) is 5.13. The molecule has 0 heterocycles. The molecule has 1 aliphatic carbocycles. The predicted octanol–water partition coefficient (Wildman–Crippen LogP) is 6.05. The zero-order chi connectivity index (χ0) is 16.6. The number of nitrogens with zero attached hydrogens (tertiary/aromatic N) is 1. The third-order valence-electron chi connectivity index (χ3n) is 5.13. The minimum Gasteiger partial charge on any atom is -0.411 e. The van der Waals surface area contributed by atoms with Crippen LogP contribution in [0.3, 0.4) is 0 Å². The second kappa shape index (κ2) is 15.0. The summed E-state index contributed by atoms with van der Waals surface area (Å²) in [7, 11) is 0. The van der Waals surface area contributed by atoms with Gasteiger partial charge in [0.05, 0.1) is 5.71 Å². The number of hydrogen-bond acceptors (Lipinski definition) is 3. The summed E-state index contributed by atoms with van der Waals surface area (Å²) in [6.45, 7) is 3.33. The van der Waals surface area contributed by atoms with E-state index in [2.05, 4.69) is 17.4 Å². The van der Waals surface area contributed by atoms with Gasteiger partial charge in [-0.3, -0.25) is 0 Å². The molecule has 23 heavy (non-hydrogen) atoms. The highest BCUT2D eigenvalue weighted by molar-refractivity contribution is 5.89. The summed E-state index contributed by atoms with van der Waals surface area (Å²) in [6.07, 6.45) is 20.6. The molecule has 3 heteroatoms. The van der Waals surface area contributed by atoms with Crippen LogP contribution in [0, 0.1) is 0 Å². The average Bonchev–Trinajstić information content (AvgIpc) is 2.56. The second-order valence-electron chi connectivity index (χ2n) is 7.23. The van der Waals surface area contributed by atoms with E-state index in [0.29, 0.717) is 6.04 Å². The van der Waals surface area contributed by atoms with Crippen molar-refractivity contribution < 1.29 is 5.21 Å². The van der Waals surface area contributed by atoms with Crippen molar-refractivity contribution in [2.45, 2.75) is 116 Å². The van der Waals surface area contributed by atoms with Crippen LogP contribution in [0.4, 0.5) is 0 Å². The third kappa shape index (κ3) is 10.8. The molecule has 0 aromatic carbocycles. The Balaban J connectivity index is 2.29. The standard InChI is InChI=1S/C20H40N2O/c1-2-3-4-5-12-15-18-21-19-16-13-10-8-6-7-9-11-14-17-20(19)22-23/h19,21,23H,2-18H2,1H3/b22-20-/t19-/m1/s1. The van der Waals surface area contributed by atoms with Gasteiger partial charge in [-0.05, 0) is 32.2 Å². The molecule has 0 spiro atoms. The van der Waals surface area contributed by atoms with Gasteiger partial charge < -0.3 is 10.5 Å². The lowest BCUT2D eigenvalue weighted by atomic mass is 9.96. The second-order valence-corrected chi connectivity index (χ2v) is 7.23. The van der Waals surface area contributed by atoms with Gasteiger partial charge in [0.25, 0.3) is 0 Å². The average molecular weight is 325 g/mol. The predicted molar refractivity (Wildman–Crippen MR) is 101 cm³/mol. The summed E-state index contributed by atoms with van der Waals surface area (Å²) in [6, 6.07) is 0.301. The molecule has 0 bridgehead atoms. The van der Waals surface area contributed by atoms with E-state index in [-0.39, 0.29) is 0 Å². The molecule has 0 aromatic rings. The van der Waals surface area contributed by atoms with Crippen LogP contribution in [0.15, 0.2) is 5.16 Å². The van der Waals surface area contributed by atoms with Crippen LogP contribution in [-0.4, -0.2) is 23.5 Å². The molecule has 1 atom stereocenters. The fourth-order valence-electron chi connectivity index (χ4n) is 3.58. The maximum Gasteiger partial charge on any atom is 0.0739 e. The topological polar surface area (TPSA) is 44.6 Å². The number of hydrogen-bond donors (Lipinski definition) is 2. The Morgan fingerprint density at radius 3 is 2.17 bits per heavy atom. The fourth-order valence-corrected chi connectivity index (χ4v) is 3.58. The highest BCUT2D eigenvalue weighted by Crippen LogP contribution is 2.16. The van der Waals surface area contributed by atoms with Crippen LogP contribution in [-0.2, 0) is 0 Å². The number of unbranched alkanes of at least 4 members (excludes halogenated alkanes) is 5. The SMILES string of the molecule is CCCCCCCCN[C@@H]1CCCCCCCCCC/C1=N/O. The van der Waals surface area contributed by atoms with Crippen LogP contribution >= 0.6 is 0 Å². The monoisotopic (exact) mass is 324 g/mol. The quantitative estimate of drug-likeness (QED) is 0.324. The molecule has 0 aromatic heterocycles. The molecule has 1 aliphatic rings. The number of rotatable bonds is 8. The van der Waals surface area contributed by atoms with Crippen molar-refractivity contribution in [3.05, 3.63) is 0 Å². The van der Waals surface area contributed by atoms with Crippen molar-refractivity contribution in [3.63, 3.8) is 0 Å². The molecule has 0 unspecified atom stereocenters. The van der Waals surface area contributed by atoms with Crippen LogP contribution < -0.4 is 5.32 Å². The molecule has 1 rings (SSSR count). The summed E-state index contributed by atoms with van der Waals surface area (Å²) < 4.78 is 0. The lowest BCUT2D eigenvalue weighted by Crippen LogP contribution is -2.37. The van der Waals surface area contributed by atoms with E-state index < -0.39 is 0 Å². The summed E-state index contributed by atoms with van der Waals surface area (Å²) >= 11 is 0. The summed E-state index contributed by atoms with van der Waals surface area (Å²) in [4.78, 5) is 0. The molecule has 1 fully saturated rings. The molecule has 0 saturated heterocycles. The molecular formula is C20H40N2O. The normalized spacial score (nSPS) is 23.3. The molecule has 0 amide bonds. The molecule has 2 N–H and O–H groups in total. The maximum atomic E-state index is 9.41. The zero-order valence-corrected chi connectivity index (χ0v) is 15.5. The van der Waals surface area contributed by atoms with Gasteiger partial charge in [-0.2, -0.15) is 0 Å². The van der Waals surface area contributed by atoms with E-state index in [1.807, 2.05) is 0 Å². The lowest BCUT2D eigenvalue weighted by Gasteiger charge is -2.21. The fraction of sp³-hybridized carbons (Fsp3) is 0.950. The van der Waals surface area contributed by atoms with Crippen LogP contribution in [0.2, 0.25) is 0 Å². The first kappa shape index (κ1) is 20.5. The van der Waals surface area contributed by atoms with Gasteiger partial charge in [0.2, 0.25) is 0 Å². The van der Waals surface area contributed by atoms with Crippen LogP contribution in [0.25, 0.3) is 0 Å². The number of nitrogens with one attached hydrogen (secondary N) is 1. The lowest BCUT2D eigenvalue weighted by molar-refractivity contribution is 0.312. The zero-order valence-electron chi connectivity index (χ0n) is 15.5. The summed E-state index contributed by atoms with van der Waals surface area (Å²) in [5.74, 6) is 0. The van der Waals surface area contributed by atoms with E-state index >= 15 is 0 Å². The van der Waals surface area contributed by atoms with Gasteiger partial charge in [-0.25, -0.2) is 0 Å². The van der Waals surface area contributed by atoms with Crippen molar-refractivity contribution >= 4 is 5.71 Å². The minimum atomic E-state index is 0.301. The Morgan fingerprint density at radius 2 is 1.48 bits per heavy atom. The molecule has 136 valence electrons. The van der Waals surface area contributed by atoms with Gasteiger partial charge in [-0.1, -0.05) is 89.1 Å². The first-order valence-corrected chi connectivity index (χ1v) is 10.3. The highest BCUT2D eigenvalue weighted by atomic mass is 16.4. The first-order valence-electron chi connectivity index (χ1n) is 10.3. The van der Waals surface area contributed by atoms with Crippen molar-refractivity contribution in [1.82, 2.24) is 5.32 Å². The maximum absolute atomic E-state index is 9.41. The van der Waals surface area contributed by atoms with Gasteiger partial charge in [0.1, 0.15) is 0 Å². The van der Waals surface area contributed by atoms with Crippen molar-refractivity contribution in [1.29, 1.82) is 0 Å². The molecule has 1 saturated carbocycles. The Kier molecular flexibility index (Phi) is 13.3. The number of oxime groups is 1. The Labute approximate surface area is 144 Å². The Bertz CT molecular complexity index is 291. The molecule has 0 aliphatic heterocycles. The van der Waals surface area contributed by atoms with Gasteiger partial charge in [-0.15, -0.1) is 0 Å². The van der Waals surface area contributed by atoms with Crippen LogP contribution in [0.1, 0.15) is 110 Å².